The number of amides is 1. The topological polar surface area (TPSA) is 56.7 Å². The first-order valence-corrected chi connectivity index (χ1v) is 11.1. The van der Waals surface area contributed by atoms with Crippen LogP contribution in [0.5, 0.6) is 0 Å². The van der Waals surface area contributed by atoms with Gasteiger partial charge in [-0.05, 0) is 75.5 Å². The van der Waals surface area contributed by atoms with Crippen LogP contribution in [0.2, 0.25) is 0 Å². The highest BCUT2D eigenvalue weighted by Crippen LogP contribution is 2.23. The zero-order chi connectivity index (χ0) is 19.8. The minimum Gasteiger partial charge on any atom is -0.357 e. The number of hydrogen-bond acceptors (Lipinski definition) is 2. The molecule has 2 N–H and O–H groups in total. The number of nitrogens with one attached hydrogen (secondary N) is 2. The second-order valence-corrected chi connectivity index (χ2v) is 8.35. The van der Waals surface area contributed by atoms with Gasteiger partial charge in [0.2, 0.25) is 0 Å². The molecular weight excluding hydrogens is 348 g/mol. The van der Waals surface area contributed by atoms with Gasteiger partial charge >= 0.3 is 0 Å². The molecule has 1 aromatic carbocycles. The number of rotatable bonds is 5. The molecule has 1 aromatic rings. The lowest BCUT2D eigenvalue weighted by atomic mass is 9.87. The van der Waals surface area contributed by atoms with E-state index >= 15 is 0 Å². The van der Waals surface area contributed by atoms with Crippen molar-refractivity contribution in [1.82, 2.24) is 15.5 Å². The summed E-state index contributed by atoms with van der Waals surface area (Å²) in [5.41, 5.74) is 1.92. The quantitative estimate of drug-likeness (QED) is 0.597. The predicted molar refractivity (Wildman–Crippen MR) is 116 cm³/mol. The van der Waals surface area contributed by atoms with E-state index in [0.717, 1.165) is 55.5 Å². The third kappa shape index (κ3) is 5.98. The Bertz CT molecular complexity index is 641. The molecule has 0 radical (unpaired) electrons. The third-order valence-corrected chi connectivity index (χ3v) is 5.96. The molecule has 1 heterocycles. The Kier molecular flexibility index (Phi) is 7.75. The summed E-state index contributed by atoms with van der Waals surface area (Å²) in [5.74, 6) is 1.91. The fourth-order valence-corrected chi connectivity index (χ4v) is 4.12. The van der Waals surface area contributed by atoms with Crippen LogP contribution in [0.3, 0.4) is 0 Å². The average Bonchev–Trinajstić information content (AvgIpc) is 2.74. The first-order valence-electron chi connectivity index (χ1n) is 11.1. The van der Waals surface area contributed by atoms with E-state index in [2.05, 4.69) is 24.5 Å². The first kappa shape index (κ1) is 20.7. The van der Waals surface area contributed by atoms with Crippen LogP contribution in [0.1, 0.15) is 74.7 Å². The fourth-order valence-electron chi connectivity index (χ4n) is 4.12. The highest BCUT2D eigenvalue weighted by molar-refractivity contribution is 5.94. The number of carbonyl (C=O) groups excluding carboxylic acids is 1. The van der Waals surface area contributed by atoms with Gasteiger partial charge in [-0.15, -0.1) is 0 Å². The Hall–Kier alpha value is -2.04. The van der Waals surface area contributed by atoms with Gasteiger partial charge in [0.15, 0.2) is 5.96 Å². The van der Waals surface area contributed by atoms with Crippen molar-refractivity contribution in [3.63, 3.8) is 0 Å². The van der Waals surface area contributed by atoms with Crippen LogP contribution >= 0.6 is 0 Å². The number of benzene rings is 1. The second-order valence-electron chi connectivity index (χ2n) is 8.35. The number of likely N-dealkylation sites (tertiary alicyclic amines) is 1. The molecule has 1 saturated heterocycles. The van der Waals surface area contributed by atoms with Gasteiger partial charge in [0.1, 0.15) is 0 Å². The summed E-state index contributed by atoms with van der Waals surface area (Å²) in [6.45, 7) is 7.70. The molecule has 1 aliphatic carbocycles. The van der Waals surface area contributed by atoms with Gasteiger partial charge in [-0.25, -0.2) is 4.99 Å². The van der Waals surface area contributed by atoms with E-state index in [4.69, 9.17) is 4.99 Å². The molecule has 28 heavy (non-hydrogen) atoms. The van der Waals surface area contributed by atoms with Crippen molar-refractivity contribution in [3.05, 3.63) is 35.4 Å². The van der Waals surface area contributed by atoms with E-state index in [-0.39, 0.29) is 5.91 Å². The Morgan fingerprint density at radius 1 is 1.07 bits per heavy atom. The van der Waals surface area contributed by atoms with Gasteiger partial charge in [0.05, 0.1) is 6.54 Å². The Morgan fingerprint density at radius 2 is 1.75 bits per heavy atom. The lowest BCUT2D eigenvalue weighted by Crippen LogP contribution is -2.44. The highest BCUT2D eigenvalue weighted by atomic mass is 16.2. The summed E-state index contributed by atoms with van der Waals surface area (Å²) in [7, 11) is 0. The van der Waals surface area contributed by atoms with Crippen LogP contribution in [0, 0.1) is 5.92 Å². The Morgan fingerprint density at radius 3 is 2.39 bits per heavy atom. The molecule has 0 atom stereocenters. The van der Waals surface area contributed by atoms with Crippen LogP contribution in [0.25, 0.3) is 0 Å². The van der Waals surface area contributed by atoms with Gasteiger partial charge in [-0.3, -0.25) is 4.79 Å². The molecule has 2 fully saturated rings. The lowest BCUT2D eigenvalue weighted by Gasteiger charge is -2.28. The van der Waals surface area contributed by atoms with Crippen LogP contribution in [-0.2, 0) is 6.54 Å². The molecule has 0 unspecified atom stereocenters. The van der Waals surface area contributed by atoms with Crippen molar-refractivity contribution < 1.29 is 4.79 Å². The van der Waals surface area contributed by atoms with Crippen molar-refractivity contribution >= 4 is 11.9 Å². The molecule has 0 spiro atoms. The van der Waals surface area contributed by atoms with E-state index in [9.17, 15) is 4.79 Å². The maximum Gasteiger partial charge on any atom is 0.253 e. The van der Waals surface area contributed by atoms with Gasteiger partial charge in [-0.2, -0.15) is 0 Å². The standard InChI is InChI=1S/C23H36N4O/c1-3-24-23(26-21-13-7-18(2)8-14-21)25-17-19-9-11-20(12-10-19)22(28)27-15-5-4-6-16-27/h9-12,18,21H,3-8,13-17H2,1-2H3,(H2,24,25,26). The molecule has 2 aliphatic rings. The maximum atomic E-state index is 12.6. The number of hydrogen-bond donors (Lipinski definition) is 2. The van der Waals surface area contributed by atoms with Crippen LogP contribution in [-0.4, -0.2) is 42.4 Å². The van der Waals surface area contributed by atoms with Crippen molar-refractivity contribution in [1.29, 1.82) is 0 Å². The summed E-state index contributed by atoms with van der Waals surface area (Å²) >= 11 is 0. The minimum atomic E-state index is 0.163. The van der Waals surface area contributed by atoms with Crippen molar-refractivity contribution in [2.75, 3.05) is 19.6 Å². The average molecular weight is 385 g/mol. The summed E-state index contributed by atoms with van der Waals surface area (Å²) in [6.07, 6.45) is 8.52. The fraction of sp³-hybridized carbons (Fsp3) is 0.652. The molecule has 0 aromatic heterocycles. The Labute approximate surface area is 170 Å². The zero-order valence-corrected chi connectivity index (χ0v) is 17.5. The number of aliphatic imine (C=N–C) groups is 1. The van der Waals surface area contributed by atoms with Gasteiger partial charge in [0, 0.05) is 31.2 Å². The van der Waals surface area contributed by atoms with E-state index < -0.39 is 0 Å². The van der Waals surface area contributed by atoms with Crippen molar-refractivity contribution in [2.45, 2.75) is 71.4 Å². The third-order valence-electron chi connectivity index (χ3n) is 5.96. The molecular formula is C23H36N4O. The van der Waals surface area contributed by atoms with Crippen molar-refractivity contribution in [2.24, 2.45) is 10.9 Å². The van der Waals surface area contributed by atoms with E-state index in [1.54, 1.807) is 0 Å². The van der Waals surface area contributed by atoms with Crippen LogP contribution in [0.15, 0.2) is 29.3 Å². The smallest absolute Gasteiger partial charge is 0.253 e. The van der Waals surface area contributed by atoms with E-state index in [1.165, 1.54) is 32.1 Å². The summed E-state index contributed by atoms with van der Waals surface area (Å²) < 4.78 is 0. The molecule has 154 valence electrons. The number of nitrogens with zero attached hydrogens (tertiary/aromatic N) is 2. The monoisotopic (exact) mass is 384 g/mol. The largest absolute Gasteiger partial charge is 0.357 e. The highest BCUT2D eigenvalue weighted by Gasteiger charge is 2.19. The summed E-state index contributed by atoms with van der Waals surface area (Å²) in [5, 5.41) is 6.96. The summed E-state index contributed by atoms with van der Waals surface area (Å²) in [4.78, 5) is 19.3. The second kappa shape index (κ2) is 10.5. The molecule has 5 heteroatoms. The lowest BCUT2D eigenvalue weighted by molar-refractivity contribution is 0.0724. The van der Waals surface area contributed by atoms with E-state index in [0.29, 0.717) is 12.6 Å². The number of piperidine rings is 1. The van der Waals surface area contributed by atoms with Crippen LogP contribution < -0.4 is 10.6 Å². The predicted octanol–water partition coefficient (Wildman–Crippen LogP) is 3.95. The molecule has 0 bridgehead atoms. The van der Waals surface area contributed by atoms with Gasteiger partial charge < -0.3 is 15.5 Å². The molecule has 1 aliphatic heterocycles. The van der Waals surface area contributed by atoms with Gasteiger partial charge in [0.25, 0.3) is 5.91 Å². The molecule has 5 nitrogen and oxygen atoms in total. The SMILES string of the molecule is CCNC(=NCc1ccc(C(=O)N2CCCCC2)cc1)NC1CCC(C)CC1. The van der Waals surface area contributed by atoms with Gasteiger partial charge in [-0.1, -0.05) is 19.1 Å². The molecule has 1 saturated carbocycles. The maximum absolute atomic E-state index is 12.6. The van der Waals surface area contributed by atoms with E-state index in [1.807, 2.05) is 29.2 Å². The molecule has 1 amide bonds. The minimum absolute atomic E-state index is 0.163. The van der Waals surface area contributed by atoms with Crippen molar-refractivity contribution in [3.8, 4) is 0 Å². The first-order chi connectivity index (χ1) is 13.7. The zero-order valence-electron chi connectivity index (χ0n) is 17.5. The number of guanidine groups is 1. The Balaban J connectivity index is 1.55. The van der Waals surface area contributed by atoms with Crippen LogP contribution in [0.4, 0.5) is 0 Å². The normalized spacial score (nSPS) is 23.4. The molecule has 3 rings (SSSR count). The number of carbonyl (C=O) groups is 1. The summed E-state index contributed by atoms with van der Waals surface area (Å²) in [6, 6.07) is 8.49.